The highest BCUT2D eigenvalue weighted by Crippen LogP contribution is 2.66. The molecule has 2 unspecified atom stereocenters. The van der Waals surface area contributed by atoms with Gasteiger partial charge in [-0.2, -0.15) is 0 Å². The van der Waals surface area contributed by atoms with Crippen LogP contribution in [0, 0.1) is 24.2 Å². The number of anilines is 1. The molecule has 2 nitrogen and oxygen atoms in total. The van der Waals surface area contributed by atoms with E-state index in [0.29, 0.717) is 18.2 Å². The molecule has 182 valence electrons. The van der Waals surface area contributed by atoms with Gasteiger partial charge in [-0.1, -0.05) is 88.9 Å². The van der Waals surface area contributed by atoms with E-state index >= 15 is 0 Å². The minimum atomic E-state index is 0.149. The summed E-state index contributed by atoms with van der Waals surface area (Å²) in [5.74, 6) is 1.58. The predicted molar refractivity (Wildman–Crippen MR) is 143 cm³/mol. The van der Waals surface area contributed by atoms with E-state index in [1.54, 1.807) is 11.1 Å². The number of aryl methyl sites for hydroxylation is 1. The Hall–Kier alpha value is -1.80. The second-order valence-electron chi connectivity index (χ2n) is 12.9. The van der Waals surface area contributed by atoms with Crippen molar-refractivity contribution in [1.29, 1.82) is 0 Å². The molecule has 34 heavy (non-hydrogen) atoms. The van der Waals surface area contributed by atoms with Gasteiger partial charge in [0.15, 0.2) is 0 Å². The van der Waals surface area contributed by atoms with E-state index in [1.807, 2.05) is 0 Å². The van der Waals surface area contributed by atoms with Crippen molar-refractivity contribution in [1.82, 2.24) is 4.90 Å². The number of para-hydroxylation sites is 1. The molecule has 4 aliphatic rings. The van der Waals surface area contributed by atoms with Crippen molar-refractivity contribution in [3.8, 4) is 0 Å². The van der Waals surface area contributed by atoms with Crippen molar-refractivity contribution < 1.29 is 0 Å². The minimum absolute atomic E-state index is 0.149. The number of fused-ring (bicyclic) bond motifs is 3. The SMILES string of the molecule is Cc1ccccc1N1C(C(C)(C)C)N2C(c3ccccc3C2(C2CCCC2)C2CCCC2)[C@@H]1C. The zero-order chi connectivity index (χ0) is 23.7. The van der Waals surface area contributed by atoms with Crippen LogP contribution in [0.3, 0.4) is 0 Å². The maximum atomic E-state index is 3.14. The lowest BCUT2D eigenvalue weighted by Crippen LogP contribution is -2.60. The molecule has 2 heteroatoms. The molecule has 0 radical (unpaired) electrons. The van der Waals surface area contributed by atoms with Crippen molar-refractivity contribution in [2.45, 2.75) is 110 Å². The van der Waals surface area contributed by atoms with Gasteiger partial charge >= 0.3 is 0 Å². The Labute approximate surface area is 207 Å². The summed E-state index contributed by atoms with van der Waals surface area (Å²) in [6, 6.07) is 19.8. The molecular formula is C32H44N2. The first-order valence-electron chi connectivity index (χ1n) is 14.1. The highest BCUT2D eigenvalue weighted by Gasteiger charge is 2.67. The van der Waals surface area contributed by atoms with Gasteiger partial charge < -0.3 is 4.90 Å². The van der Waals surface area contributed by atoms with Crippen molar-refractivity contribution in [3.63, 3.8) is 0 Å². The van der Waals surface area contributed by atoms with Gasteiger partial charge in [0.2, 0.25) is 0 Å². The summed E-state index contributed by atoms with van der Waals surface area (Å²) in [4.78, 5) is 5.98. The largest absolute Gasteiger partial charge is 0.350 e. The summed E-state index contributed by atoms with van der Waals surface area (Å²) in [5.41, 5.74) is 6.54. The summed E-state index contributed by atoms with van der Waals surface area (Å²) in [7, 11) is 0. The molecule has 3 atom stereocenters. The van der Waals surface area contributed by atoms with Gasteiger partial charge in [0.05, 0.1) is 17.7 Å². The summed E-state index contributed by atoms with van der Waals surface area (Å²) >= 11 is 0. The zero-order valence-corrected chi connectivity index (χ0v) is 22.1. The molecule has 0 bridgehead atoms. The Kier molecular flexibility index (Phi) is 5.41. The van der Waals surface area contributed by atoms with E-state index in [-0.39, 0.29) is 11.0 Å². The van der Waals surface area contributed by atoms with E-state index < -0.39 is 0 Å². The van der Waals surface area contributed by atoms with Gasteiger partial charge in [0.25, 0.3) is 0 Å². The van der Waals surface area contributed by atoms with Crippen LogP contribution in [0.2, 0.25) is 0 Å². The minimum Gasteiger partial charge on any atom is -0.350 e. The van der Waals surface area contributed by atoms with Crippen LogP contribution in [0.1, 0.15) is 102 Å². The van der Waals surface area contributed by atoms with Crippen molar-refractivity contribution in [2.24, 2.45) is 17.3 Å². The van der Waals surface area contributed by atoms with Gasteiger partial charge in [-0.3, -0.25) is 4.90 Å². The maximum Gasteiger partial charge on any atom is 0.0886 e. The fourth-order valence-corrected chi connectivity index (χ4v) is 8.96. The molecule has 6 rings (SSSR count). The Bertz CT molecular complexity index is 1020. The van der Waals surface area contributed by atoms with Gasteiger partial charge in [-0.25, -0.2) is 0 Å². The molecule has 0 N–H and O–H groups in total. The molecule has 0 amide bonds. The average molecular weight is 457 g/mol. The van der Waals surface area contributed by atoms with Gasteiger partial charge in [-0.05, 0) is 79.5 Å². The van der Waals surface area contributed by atoms with Gasteiger partial charge in [0.1, 0.15) is 0 Å². The smallest absolute Gasteiger partial charge is 0.0886 e. The number of rotatable bonds is 3. The molecule has 1 saturated heterocycles. The fourth-order valence-electron chi connectivity index (χ4n) is 8.96. The van der Waals surface area contributed by atoms with Crippen molar-refractivity contribution >= 4 is 5.69 Å². The van der Waals surface area contributed by atoms with Crippen molar-refractivity contribution in [2.75, 3.05) is 4.90 Å². The normalized spacial score (nSPS) is 29.7. The number of hydrogen-bond donors (Lipinski definition) is 0. The number of hydrogen-bond acceptors (Lipinski definition) is 2. The third-order valence-corrected chi connectivity index (χ3v) is 9.98. The van der Waals surface area contributed by atoms with Crippen LogP contribution < -0.4 is 4.90 Å². The second-order valence-corrected chi connectivity index (χ2v) is 12.9. The van der Waals surface area contributed by atoms with Gasteiger partial charge in [0, 0.05) is 11.7 Å². The summed E-state index contributed by atoms with van der Waals surface area (Å²) in [6.07, 6.45) is 11.7. The van der Waals surface area contributed by atoms with Crippen LogP contribution in [0.4, 0.5) is 5.69 Å². The molecule has 2 aliphatic carbocycles. The highest BCUT2D eigenvalue weighted by atomic mass is 15.5. The third kappa shape index (κ3) is 3.03. The van der Waals surface area contributed by atoms with Gasteiger partial charge in [-0.15, -0.1) is 0 Å². The Balaban J connectivity index is 1.63. The van der Waals surface area contributed by atoms with Crippen LogP contribution >= 0.6 is 0 Å². The molecular weight excluding hydrogens is 412 g/mol. The predicted octanol–water partition coefficient (Wildman–Crippen LogP) is 8.21. The standard InChI is InChI=1S/C32H44N2/c1-22-14-6-13-21-28(22)33-23(2)29-26-19-11-12-20-27(26)32(24-15-7-8-16-24,25-17-9-10-18-25)34(29)30(33)31(3,4)5/h6,11-14,19-21,23-25,29-30H,7-10,15-18H2,1-5H3/t23-,29?,30?/m0/s1. The lowest BCUT2D eigenvalue weighted by atomic mass is 9.66. The third-order valence-electron chi connectivity index (χ3n) is 9.98. The first-order chi connectivity index (χ1) is 16.4. The summed E-state index contributed by atoms with van der Waals surface area (Å²) in [6.45, 7) is 12.3. The lowest BCUT2D eigenvalue weighted by molar-refractivity contribution is -0.0644. The molecule has 2 aromatic carbocycles. The number of benzene rings is 2. The number of nitrogens with zero attached hydrogens (tertiary/aromatic N) is 2. The Morgan fingerprint density at radius 2 is 1.35 bits per heavy atom. The molecule has 0 spiro atoms. The van der Waals surface area contributed by atoms with E-state index in [9.17, 15) is 0 Å². The van der Waals surface area contributed by atoms with E-state index in [4.69, 9.17) is 0 Å². The average Bonchev–Trinajstić information content (AvgIpc) is 3.59. The topological polar surface area (TPSA) is 6.48 Å². The van der Waals surface area contributed by atoms with E-state index in [0.717, 1.165) is 11.8 Å². The first-order valence-corrected chi connectivity index (χ1v) is 14.1. The van der Waals surface area contributed by atoms with E-state index in [2.05, 4.69) is 92.9 Å². The van der Waals surface area contributed by atoms with Crippen LogP contribution in [0.25, 0.3) is 0 Å². The quantitative estimate of drug-likeness (QED) is 0.459. The lowest BCUT2D eigenvalue weighted by Gasteiger charge is -2.54. The fraction of sp³-hybridized carbons (Fsp3) is 0.625. The van der Waals surface area contributed by atoms with Crippen LogP contribution in [0.15, 0.2) is 48.5 Å². The highest BCUT2D eigenvalue weighted by molar-refractivity contribution is 5.59. The second kappa shape index (κ2) is 8.12. The first kappa shape index (κ1) is 22.7. The summed E-state index contributed by atoms with van der Waals surface area (Å²) < 4.78 is 0. The summed E-state index contributed by atoms with van der Waals surface area (Å²) in [5, 5.41) is 0. The Morgan fingerprint density at radius 3 is 1.94 bits per heavy atom. The molecule has 3 fully saturated rings. The van der Waals surface area contributed by atoms with Crippen LogP contribution in [-0.2, 0) is 5.54 Å². The maximum absolute atomic E-state index is 3.14. The monoisotopic (exact) mass is 456 g/mol. The molecule has 2 saturated carbocycles. The van der Waals surface area contributed by atoms with E-state index in [1.165, 1.54) is 62.6 Å². The molecule has 2 aliphatic heterocycles. The molecule has 2 heterocycles. The zero-order valence-electron chi connectivity index (χ0n) is 22.1. The Morgan fingerprint density at radius 1 is 0.794 bits per heavy atom. The van der Waals surface area contributed by atoms with Crippen LogP contribution in [0.5, 0.6) is 0 Å². The van der Waals surface area contributed by atoms with Crippen molar-refractivity contribution in [3.05, 3.63) is 65.2 Å². The van der Waals surface area contributed by atoms with Crippen LogP contribution in [-0.4, -0.2) is 17.1 Å². The molecule has 0 aromatic heterocycles. The molecule has 2 aromatic rings.